The number of hydrogen-bond acceptors (Lipinski definition) is 3. The minimum Gasteiger partial charge on any atom is -0.352 e. The van der Waals surface area contributed by atoms with E-state index in [1.807, 2.05) is 61.5 Å². The highest BCUT2D eigenvalue weighted by Crippen LogP contribution is 2.22. The van der Waals surface area contributed by atoms with E-state index in [1.165, 1.54) is 0 Å². The van der Waals surface area contributed by atoms with Crippen molar-refractivity contribution in [2.24, 2.45) is 0 Å². The summed E-state index contributed by atoms with van der Waals surface area (Å²) in [6.07, 6.45) is 5.58. The molecule has 4 nitrogen and oxygen atoms in total. The SMILES string of the molecule is C[C@@H](C(=O)NC1CCCC1)N(Cc1ccccc1)C(=O)CCCSc1ccc(Cl)cc1. The summed E-state index contributed by atoms with van der Waals surface area (Å²) in [5.41, 5.74) is 1.03. The number of benzene rings is 2. The predicted molar refractivity (Wildman–Crippen MR) is 128 cm³/mol. The second kappa shape index (κ2) is 12.2. The van der Waals surface area contributed by atoms with Gasteiger partial charge in [-0.15, -0.1) is 11.8 Å². The second-order valence-electron chi connectivity index (χ2n) is 8.08. The molecule has 0 spiro atoms. The number of nitrogens with one attached hydrogen (secondary N) is 1. The van der Waals surface area contributed by atoms with E-state index in [2.05, 4.69) is 5.32 Å². The fourth-order valence-corrected chi connectivity index (χ4v) is 4.82. The van der Waals surface area contributed by atoms with E-state index in [4.69, 9.17) is 11.6 Å². The van der Waals surface area contributed by atoms with Crippen molar-refractivity contribution < 1.29 is 9.59 Å². The summed E-state index contributed by atoms with van der Waals surface area (Å²) in [5.74, 6) is 0.816. The van der Waals surface area contributed by atoms with Crippen LogP contribution in [-0.4, -0.2) is 34.6 Å². The second-order valence-corrected chi connectivity index (χ2v) is 9.68. The summed E-state index contributed by atoms with van der Waals surface area (Å²) in [7, 11) is 0. The van der Waals surface area contributed by atoms with Crippen LogP contribution in [0.5, 0.6) is 0 Å². The van der Waals surface area contributed by atoms with E-state index in [1.54, 1.807) is 16.7 Å². The molecule has 0 bridgehead atoms. The molecule has 1 aliphatic rings. The molecule has 1 aliphatic carbocycles. The summed E-state index contributed by atoms with van der Waals surface area (Å²) < 4.78 is 0. The maximum atomic E-state index is 13.1. The molecular formula is C25H31ClN2O2S. The predicted octanol–water partition coefficient (Wildman–Crippen LogP) is 5.69. The molecule has 1 saturated carbocycles. The average molecular weight is 459 g/mol. The van der Waals surface area contributed by atoms with Gasteiger partial charge < -0.3 is 10.2 Å². The Morgan fingerprint density at radius 2 is 1.77 bits per heavy atom. The number of carbonyl (C=O) groups excluding carboxylic acids is 2. The summed E-state index contributed by atoms with van der Waals surface area (Å²) in [4.78, 5) is 28.8. The zero-order valence-electron chi connectivity index (χ0n) is 18.1. The lowest BCUT2D eigenvalue weighted by molar-refractivity contribution is -0.140. The summed E-state index contributed by atoms with van der Waals surface area (Å²) in [5, 5.41) is 3.87. The van der Waals surface area contributed by atoms with Crippen molar-refractivity contribution in [2.45, 2.75) is 69.0 Å². The Balaban J connectivity index is 1.56. The zero-order valence-corrected chi connectivity index (χ0v) is 19.6. The molecule has 0 radical (unpaired) electrons. The molecule has 1 atom stereocenters. The quantitative estimate of drug-likeness (QED) is 0.367. The fraction of sp³-hybridized carbons (Fsp3) is 0.440. The Labute approximate surface area is 194 Å². The van der Waals surface area contributed by atoms with Gasteiger partial charge in [-0.05, 0) is 61.8 Å². The van der Waals surface area contributed by atoms with Crippen molar-refractivity contribution >= 4 is 35.2 Å². The number of halogens is 1. The van der Waals surface area contributed by atoms with E-state index < -0.39 is 6.04 Å². The molecule has 2 amide bonds. The molecular weight excluding hydrogens is 428 g/mol. The Hall–Kier alpha value is -1.98. The lowest BCUT2D eigenvalue weighted by Gasteiger charge is -2.30. The third-order valence-electron chi connectivity index (χ3n) is 5.68. The van der Waals surface area contributed by atoms with Crippen LogP contribution in [0.3, 0.4) is 0 Å². The van der Waals surface area contributed by atoms with Crippen molar-refractivity contribution in [1.29, 1.82) is 0 Å². The summed E-state index contributed by atoms with van der Waals surface area (Å²) in [6.45, 7) is 2.29. The molecule has 0 unspecified atom stereocenters. The van der Waals surface area contributed by atoms with Crippen molar-refractivity contribution in [2.75, 3.05) is 5.75 Å². The highest BCUT2D eigenvalue weighted by molar-refractivity contribution is 7.99. The van der Waals surface area contributed by atoms with Crippen molar-refractivity contribution in [3.8, 4) is 0 Å². The van der Waals surface area contributed by atoms with E-state index in [0.717, 1.165) is 53.3 Å². The van der Waals surface area contributed by atoms with Crippen molar-refractivity contribution in [1.82, 2.24) is 10.2 Å². The van der Waals surface area contributed by atoms with Crippen LogP contribution in [0.1, 0.15) is 51.0 Å². The summed E-state index contributed by atoms with van der Waals surface area (Å²) >= 11 is 7.65. The topological polar surface area (TPSA) is 49.4 Å². The molecule has 31 heavy (non-hydrogen) atoms. The maximum Gasteiger partial charge on any atom is 0.242 e. The minimum absolute atomic E-state index is 0.0228. The van der Waals surface area contributed by atoms with E-state index >= 15 is 0 Å². The van der Waals surface area contributed by atoms with Crippen LogP contribution in [-0.2, 0) is 16.1 Å². The summed E-state index contributed by atoms with van der Waals surface area (Å²) in [6, 6.07) is 17.4. The largest absolute Gasteiger partial charge is 0.352 e. The Morgan fingerprint density at radius 1 is 1.10 bits per heavy atom. The monoisotopic (exact) mass is 458 g/mol. The molecule has 1 N–H and O–H groups in total. The molecule has 1 fully saturated rings. The molecule has 3 rings (SSSR count). The molecule has 0 aromatic heterocycles. The van der Waals surface area contributed by atoms with Gasteiger partial charge >= 0.3 is 0 Å². The van der Waals surface area contributed by atoms with Gasteiger partial charge in [0.25, 0.3) is 0 Å². The molecule has 0 aliphatic heterocycles. The smallest absolute Gasteiger partial charge is 0.242 e. The zero-order chi connectivity index (χ0) is 22.1. The third kappa shape index (κ3) is 7.58. The highest BCUT2D eigenvalue weighted by atomic mass is 35.5. The first-order chi connectivity index (χ1) is 15.0. The molecule has 0 saturated heterocycles. The van der Waals surface area contributed by atoms with Crippen LogP contribution in [0.2, 0.25) is 5.02 Å². The van der Waals surface area contributed by atoms with Gasteiger partial charge in [0.2, 0.25) is 11.8 Å². The van der Waals surface area contributed by atoms with Gasteiger partial charge in [0.1, 0.15) is 6.04 Å². The van der Waals surface area contributed by atoms with E-state index in [-0.39, 0.29) is 17.9 Å². The van der Waals surface area contributed by atoms with Gasteiger partial charge in [0, 0.05) is 28.9 Å². The number of thioether (sulfide) groups is 1. The lowest BCUT2D eigenvalue weighted by Crippen LogP contribution is -2.49. The highest BCUT2D eigenvalue weighted by Gasteiger charge is 2.28. The number of rotatable bonds is 10. The van der Waals surface area contributed by atoms with Crippen LogP contribution in [0, 0.1) is 0 Å². The number of amides is 2. The fourth-order valence-electron chi connectivity index (χ4n) is 3.84. The van der Waals surface area contributed by atoms with Gasteiger partial charge in [-0.1, -0.05) is 54.8 Å². The molecule has 0 heterocycles. The van der Waals surface area contributed by atoms with Crippen molar-refractivity contribution in [3.63, 3.8) is 0 Å². The maximum absolute atomic E-state index is 13.1. The van der Waals surface area contributed by atoms with Crippen LogP contribution in [0.25, 0.3) is 0 Å². The molecule has 166 valence electrons. The van der Waals surface area contributed by atoms with Gasteiger partial charge in [-0.25, -0.2) is 0 Å². The van der Waals surface area contributed by atoms with Gasteiger partial charge in [-0.3, -0.25) is 9.59 Å². The first-order valence-electron chi connectivity index (χ1n) is 11.0. The van der Waals surface area contributed by atoms with Gasteiger partial charge in [0.15, 0.2) is 0 Å². The molecule has 2 aromatic rings. The van der Waals surface area contributed by atoms with Crippen LogP contribution in [0.4, 0.5) is 0 Å². The normalized spacial score (nSPS) is 14.9. The standard InChI is InChI=1S/C25H31ClN2O2S/c1-19(25(30)27-22-10-5-6-11-22)28(18-20-8-3-2-4-9-20)24(29)12-7-17-31-23-15-13-21(26)14-16-23/h2-4,8-9,13-16,19,22H,5-7,10-12,17-18H2,1H3,(H,27,30)/t19-/m0/s1. The van der Waals surface area contributed by atoms with Crippen molar-refractivity contribution in [3.05, 3.63) is 65.2 Å². The van der Waals surface area contributed by atoms with Gasteiger partial charge in [-0.2, -0.15) is 0 Å². The van der Waals surface area contributed by atoms with E-state index in [0.29, 0.717) is 13.0 Å². The number of carbonyl (C=O) groups is 2. The Kier molecular flexibility index (Phi) is 9.29. The molecule has 6 heteroatoms. The average Bonchev–Trinajstić information content (AvgIpc) is 3.29. The first-order valence-corrected chi connectivity index (χ1v) is 12.4. The number of hydrogen-bond donors (Lipinski definition) is 1. The van der Waals surface area contributed by atoms with Crippen LogP contribution < -0.4 is 5.32 Å². The first kappa shape index (κ1) is 23.7. The Bertz CT molecular complexity index is 838. The van der Waals surface area contributed by atoms with Crippen LogP contribution >= 0.6 is 23.4 Å². The van der Waals surface area contributed by atoms with Crippen LogP contribution in [0.15, 0.2) is 59.5 Å². The molecule has 2 aromatic carbocycles. The minimum atomic E-state index is -0.489. The Morgan fingerprint density at radius 3 is 2.45 bits per heavy atom. The third-order valence-corrected chi connectivity index (χ3v) is 7.03. The van der Waals surface area contributed by atoms with E-state index in [9.17, 15) is 9.59 Å². The number of nitrogens with zero attached hydrogens (tertiary/aromatic N) is 1. The lowest BCUT2D eigenvalue weighted by atomic mass is 10.1. The van der Waals surface area contributed by atoms with Gasteiger partial charge in [0.05, 0.1) is 0 Å².